The standard InChI is InChI=1S/C21H23BrN2O4/c1-3-27-17-8-10-18(11-9-17)28-14(2)19(25)23-24-20(26)21(12-13-21)15-4-6-16(22)7-5-15/h4-11,14H,3,12-13H2,1-2H3,(H,23,25)(H,24,26). The van der Waals surface area contributed by atoms with Crippen LogP contribution in [0.5, 0.6) is 11.5 Å². The average molecular weight is 447 g/mol. The van der Waals surface area contributed by atoms with Crippen LogP contribution in [0.1, 0.15) is 32.3 Å². The first kappa shape index (κ1) is 20.2. The molecule has 2 N–H and O–H groups in total. The van der Waals surface area contributed by atoms with Crippen molar-refractivity contribution in [3.63, 3.8) is 0 Å². The van der Waals surface area contributed by atoms with Crippen molar-refractivity contribution in [1.29, 1.82) is 0 Å². The van der Waals surface area contributed by atoms with Crippen molar-refractivity contribution in [1.82, 2.24) is 10.9 Å². The van der Waals surface area contributed by atoms with E-state index in [4.69, 9.17) is 9.47 Å². The monoisotopic (exact) mass is 446 g/mol. The average Bonchev–Trinajstić information content (AvgIpc) is 3.50. The molecule has 1 saturated carbocycles. The summed E-state index contributed by atoms with van der Waals surface area (Å²) in [6.45, 7) is 4.12. The lowest BCUT2D eigenvalue weighted by molar-refractivity contribution is -0.133. The Morgan fingerprint density at radius 2 is 1.64 bits per heavy atom. The van der Waals surface area contributed by atoms with Crippen LogP contribution in [-0.2, 0) is 15.0 Å². The molecule has 6 nitrogen and oxygen atoms in total. The van der Waals surface area contributed by atoms with Crippen molar-refractivity contribution in [3.05, 3.63) is 58.6 Å². The van der Waals surface area contributed by atoms with E-state index in [1.54, 1.807) is 31.2 Å². The Hall–Kier alpha value is -2.54. The van der Waals surface area contributed by atoms with E-state index in [2.05, 4.69) is 26.8 Å². The van der Waals surface area contributed by atoms with E-state index in [-0.39, 0.29) is 5.91 Å². The molecular formula is C21H23BrN2O4. The van der Waals surface area contributed by atoms with E-state index in [0.717, 1.165) is 28.6 Å². The molecule has 0 aromatic heterocycles. The van der Waals surface area contributed by atoms with Gasteiger partial charge in [-0.05, 0) is 68.7 Å². The molecule has 0 spiro atoms. The number of benzene rings is 2. The molecule has 3 rings (SSSR count). The van der Waals surface area contributed by atoms with Gasteiger partial charge in [-0.3, -0.25) is 20.4 Å². The molecule has 7 heteroatoms. The second kappa shape index (κ2) is 8.65. The third-order valence-corrected chi connectivity index (χ3v) is 5.23. The first-order valence-electron chi connectivity index (χ1n) is 9.20. The van der Waals surface area contributed by atoms with Gasteiger partial charge in [-0.1, -0.05) is 28.1 Å². The smallest absolute Gasteiger partial charge is 0.279 e. The minimum absolute atomic E-state index is 0.212. The molecule has 28 heavy (non-hydrogen) atoms. The summed E-state index contributed by atoms with van der Waals surface area (Å²) in [4.78, 5) is 24.9. The largest absolute Gasteiger partial charge is 0.494 e. The van der Waals surface area contributed by atoms with Gasteiger partial charge in [0.1, 0.15) is 11.5 Å². The van der Waals surface area contributed by atoms with E-state index in [9.17, 15) is 9.59 Å². The Morgan fingerprint density at radius 1 is 1.04 bits per heavy atom. The SMILES string of the molecule is CCOc1ccc(OC(C)C(=O)NNC(=O)C2(c3ccc(Br)cc3)CC2)cc1. The highest BCUT2D eigenvalue weighted by Gasteiger charge is 2.51. The van der Waals surface area contributed by atoms with Crippen molar-refractivity contribution in [3.8, 4) is 11.5 Å². The highest BCUT2D eigenvalue weighted by atomic mass is 79.9. The van der Waals surface area contributed by atoms with Gasteiger partial charge in [-0.25, -0.2) is 0 Å². The Bertz CT molecular complexity index is 832. The molecule has 1 unspecified atom stereocenters. The lowest BCUT2D eigenvalue weighted by Gasteiger charge is -2.19. The number of hydrazine groups is 1. The molecule has 1 aliphatic rings. The number of halogens is 1. The molecule has 0 heterocycles. The van der Waals surface area contributed by atoms with Crippen molar-refractivity contribution >= 4 is 27.7 Å². The number of nitrogens with one attached hydrogen (secondary N) is 2. The quantitative estimate of drug-likeness (QED) is 0.638. The predicted molar refractivity (Wildman–Crippen MR) is 109 cm³/mol. The van der Waals surface area contributed by atoms with Gasteiger partial charge in [0, 0.05) is 4.47 Å². The van der Waals surface area contributed by atoms with Gasteiger partial charge < -0.3 is 9.47 Å². The fraction of sp³-hybridized carbons (Fsp3) is 0.333. The normalized spacial score (nSPS) is 15.2. The van der Waals surface area contributed by atoms with Crippen LogP contribution in [0.25, 0.3) is 0 Å². The highest BCUT2D eigenvalue weighted by Crippen LogP contribution is 2.48. The van der Waals surface area contributed by atoms with Crippen LogP contribution in [0.3, 0.4) is 0 Å². The fourth-order valence-electron chi connectivity index (χ4n) is 2.92. The van der Waals surface area contributed by atoms with E-state index >= 15 is 0 Å². The maximum atomic E-state index is 12.6. The third-order valence-electron chi connectivity index (χ3n) is 4.70. The fourth-order valence-corrected chi connectivity index (χ4v) is 3.18. The van der Waals surface area contributed by atoms with E-state index in [1.165, 1.54) is 0 Å². The van der Waals surface area contributed by atoms with Crippen molar-refractivity contribution in [2.24, 2.45) is 0 Å². The summed E-state index contributed by atoms with van der Waals surface area (Å²) in [5.41, 5.74) is 5.39. The van der Waals surface area contributed by atoms with Gasteiger partial charge in [0.05, 0.1) is 12.0 Å². The molecule has 0 aliphatic heterocycles. The topological polar surface area (TPSA) is 76.7 Å². The highest BCUT2D eigenvalue weighted by molar-refractivity contribution is 9.10. The van der Waals surface area contributed by atoms with Crippen LogP contribution in [0.2, 0.25) is 0 Å². The maximum Gasteiger partial charge on any atom is 0.279 e. The molecule has 0 saturated heterocycles. The van der Waals surface area contributed by atoms with E-state index in [1.807, 2.05) is 31.2 Å². The molecule has 2 aromatic rings. The zero-order chi connectivity index (χ0) is 20.1. The van der Waals surface area contributed by atoms with Gasteiger partial charge in [0.2, 0.25) is 5.91 Å². The number of carbonyl (C=O) groups is 2. The Labute approximate surface area is 172 Å². The van der Waals surface area contributed by atoms with Crippen LogP contribution < -0.4 is 20.3 Å². The Morgan fingerprint density at radius 3 is 2.21 bits per heavy atom. The number of amides is 2. The second-order valence-electron chi connectivity index (χ2n) is 6.70. The van der Waals surface area contributed by atoms with Crippen LogP contribution in [-0.4, -0.2) is 24.5 Å². The first-order valence-corrected chi connectivity index (χ1v) is 10.00. The zero-order valence-electron chi connectivity index (χ0n) is 15.8. The Kier molecular flexibility index (Phi) is 6.24. The van der Waals surface area contributed by atoms with E-state index in [0.29, 0.717) is 12.4 Å². The third kappa shape index (κ3) is 4.65. The van der Waals surface area contributed by atoms with Gasteiger partial charge in [-0.2, -0.15) is 0 Å². The van der Waals surface area contributed by atoms with Crippen molar-refractivity contribution in [2.75, 3.05) is 6.61 Å². The first-order chi connectivity index (χ1) is 13.4. The molecule has 148 valence electrons. The Balaban J connectivity index is 1.51. The lowest BCUT2D eigenvalue weighted by Crippen LogP contribution is -2.50. The molecular weight excluding hydrogens is 424 g/mol. The molecule has 0 bridgehead atoms. The summed E-state index contributed by atoms with van der Waals surface area (Å²) in [5.74, 6) is 0.651. The number of carbonyl (C=O) groups excluding carboxylic acids is 2. The molecule has 1 atom stereocenters. The van der Waals surface area contributed by atoms with Gasteiger partial charge in [-0.15, -0.1) is 0 Å². The summed E-state index contributed by atoms with van der Waals surface area (Å²) < 4.78 is 11.9. The van der Waals surface area contributed by atoms with Crippen LogP contribution in [0.15, 0.2) is 53.0 Å². The molecule has 2 amide bonds. The summed E-state index contributed by atoms with van der Waals surface area (Å²) >= 11 is 3.40. The number of hydrogen-bond acceptors (Lipinski definition) is 4. The number of hydrogen-bond donors (Lipinski definition) is 2. The predicted octanol–water partition coefficient (Wildman–Crippen LogP) is 3.49. The van der Waals surface area contributed by atoms with Gasteiger partial charge in [0.25, 0.3) is 5.91 Å². The summed E-state index contributed by atoms with van der Waals surface area (Å²) in [6.07, 6.45) is 0.754. The van der Waals surface area contributed by atoms with Crippen molar-refractivity contribution < 1.29 is 19.1 Å². The number of rotatable bonds is 7. The molecule has 0 radical (unpaired) electrons. The summed E-state index contributed by atoms with van der Waals surface area (Å²) in [6, 6.07) is 14.7. The molecule has 1 fully saturated rings. The molecule has 2 aromatic carbocycles. The second-order valence-corrected chi connectivity index (χ2v) is 7.61. The van der Waals surface area contributed by atoms with Gasteiger partial charge >= 0.3 is 0 Å². The van der Waals surface area contributed by atoms with Crippen molar-refractivity contribution in [2.45, 2.75) is 38.2 Å². The summed E-state index contributed by atoms with van der Waals surface area (Å²) in [7, 11) is 0. The maximum absolute atomic E-state index is 12.6. The molecule has 1 aliphatic carbocycles. The van der Waals surface area contributed by atoms with Crippen LogP contribution >= 0.6 is 15.9 Å². The number of ether oxygens (including phenoxy) is 2. The van der Waals surface area contributed by atoms with E-state index < -0.39 is 17.4 Å². The minimum Gasteiger partial charge on any atom is -0.494 e. The minimum atomic E-state index is -0.763. The van der Waals surface area contributed by atoms with Crippen LogP contribution in [0, 0.1) is 0 Å². The lowest BCUT2D eigenvalue weighted by atomic mass is 9.95. The summed E-state index contributed by atoms with van der Waals surface area (Å²) in [5, 5.41) is 0. The zero-order valence-corrected chi connectivity index (χ0v) is 17.4. The van der Waals surface area contributed by atoms with Crippen LogP contribution in [0.4, 0.5) is 0 Å². The van der Waals surface area contributed by atoms with Gasteiger partial charge in [0.15, 0.2) is 6.10 Å².